The fourth-order valence-electron chi connectivity index (χ4n) is 3.23. The molecule has 0 spiro atoms. The van der Waals surface area contributed by atoms with Crippen molar-refractivity contribution in [3.8, 4) is 39.4 Å². The Morgan fingerprint density at radius 1 is 0.933 bits per heavy atom. The van der Waals surface area contributed by atoms with Crippen molar-refractivity contribution in [2.24, 2.45) is 0 Å². The number of aromatic hydroxyl groups is 1. The lowest BCUT2D eigenvalue weighted by Gasteiger charge is -2.05. The second kappa shape index (κ2) is 7.47. The van der Waals surface area contributed by atoms with Gasteiger partial charge >= 0.3 is 0 Å². The Balaban J connectivity index is 1.83. The molecule has 4 aromatic heterocycles. The second-order valence-electron chi connectivity index (χ2n) is 6.46. The Morgan fingerprint density at radius 3 is 2.47 bits per heavy atom. The number of rotatable bonds is 3. The molecule has 0 atom stereocenters. The van der Waals surface area contributed by atoms with Crippen molar-refractivity contribution >= 4 is 33.2 Å². The summed E-state index contributed by atoms with van der Waals surface area (Å²) in [7, 11) is 0. The molecule has 0 aliphatic rings. The van der Waals surface area contributed by atoms with Crippen LogP contribution in [0.1, 0.15) is 0 Å². The number of halogens is 2. The van der Waals surface area contributed by atoms with Crippen LogP contribution in [0.15, 0.2) is 71.9 Å². The third kappa shape index (κ3) is 3.20. The van der Waals surface area contributed by atoms with Crippen LogP contribution in [-0.4, -0.2) is 34.9 Å². The molecule has 30 heavy (non-hydrogen) atoms. The van der Waals surface area contributed by atoms with E-state index in [4.69, 9.17) is 16.7 Å². The molecule has 9 heteroatoms. The number of nitrogens with zero attached hydrogens (tertiary/aromatic N) is 6. The molecule has 5 rings (SSSR count). The van der Waals surface area contributed by atoms with Gasteiger partial charge in [-0.15, -0.1) is 5.10 Å². The average molecular weight is 480 g/mol. The smallest absolute Gasteiger partial charge is 0.186 e. The van der Waals surface area contributed by atoms with Crippen molar-refractivity contribution in [3.63, 3.8) is 0 Å². The van der Waals surface area contributed by atoms with Gasteiger partial charge in [0.15, 0.2) is 5.65 Å². The van der Waals surface area contributed by atoms with Gasteiger partial charge in [-0.3, -0.25) is 4.98 Å². The number of benzene rings is 1. The molecule has 7 nitrogen and oxygen atoms in total. The van der Waals surface area contributed by atoms with E-state index in [1.54, 1.807) is 41.4 Å². The lowest BCUT2D eigenvalue weighted by Crippen LogP contribution is -1.98. The summed E-state index contributed by atoms with van der Waals surface area (Å²) >= 11 is 9.37. The Bertz CT molecular complexity index is 1370. The largest absolute Gasteiger partial charge is 0.506 e. The predicted molar refractivity (Wildman–Crippen MR) is 117 cm³/mol. The van der Waals surface area contributed by atoms with Crippen molar-refractivity contribution in [1.82, 2.24) is 29.8 Å². The maximum atomic E-state index is 10.2. The molecule has 0 aliphatic heterocycles. The Kier molecular flexibility index (Phi) is 4.65. The van der Waals surface area contributed by atoms with Crippen LogP contribution < -0.4 is 0 Å². The van der Waals surface area contributed by atoms with Gasteiger partial charge in [-0.25, -0.2) is 9.50 Å². The van der Waals surface area contributed by atoms with Crippen molar-refractivity contribution in [2.45, 2.75) is 0 Å². The molecule has 4 heterocycles. The minimum absolute atomic E-state index is 0.0181. The van der Waals surface area contributed by atoms with E-state index in [0.29, 0.717) is 11.3 Å². The van der Waals surface area contributed by atoms with Gasteiger partial charge in [0.05, 0.1) is 22.5 Å². The standard InChI is InChI=1S/C21H12BrClN6O/c22-18-4-2-14(10-25-18)16-11-26-27-21-19(13-1-3-15(23)17(30)9-13)20(28-29(16)21)12-5-7-24-8-6-12/h1-11,30H. The van der Waals surface area contributed by atoms with Crippen LogP contribution in [0.4, 0.5) is 0 Å². The predicted octanol–water partition coefficient (Wildman–Crippen LogP) is 5.04. The maximum absolute atomic E-state index is 10.2. The molecule has 0 aliphatic carbocycles. The van der Waals surface area contributed by atoms with Crippen LogP contribution in [0.3, 0.4) is 0 Å². The third-order valence-electron chi connectivity index (χ3n) is 4.63. The van der Waals surface area contributed by atoms with Crippen molar-refractivity contribution in [2.75, 3.05) is 0 Å². The molecule has 0 radical (unpaired) electrons. The normalized spacial score (nSPS) is 11.1. The molecular formula is C21H12BrClN6O. The van der Waals surface area contributed by atoms with E-state index in [2.05, 4.69) is 36.1 Å². The number of fused-ring (bicyclic) bond motifs is 1. The third-order valence-corrected chi connectivity index (χ3v) is 5.42. The molecule has 0 bridgehead atoms. The zero-order valence-electron chi connectivity index (χ0n) is 15.2. The topological polar surface area (TPSA) is 89.1 Å². The molecule has 5 aromatic rings. The maximum Gasteiger partial charge on any atom is 0.186 e. The highest BCUT2D eigenvalue weighted by molar-refractivity contribution is 9.10. The summed E-state index contributed by atoms with van der Waals surface area (Å²) in [6.07, 6.45) is 6.79. The van der Waals surface area contributed by atoms with Crippen molar-refractivity contribution < 1.29 is 5.11 Å². The Hall–Kier alpha value is -3.36. The molecule has 146 valence electrons. The summed E-state index contributed by atoms with van der Waals surface area (Å²) in [5.41, 5.74) is 5.12. The van der Waals surface area contributed by atoms with E-state index in [-0.39, 0.29) is 10.8 Å². The second-order valence-corrected chi connectivity index (χ2v) is 7.68. The van der Waals surface area contributed by atoms with Crippen LogP contribution in [-0.2, 0) is 0 Å². The van der Waals surface area contributed by atoms with Gasteiger partial charge in [-0.2, -0.15) is 10.2 Å². The van der Waals surface area contributed by atoms with Gasteiger partial charge in [-0.05, 0) is 57.9 Å². The minimum atomic E-state index is -0.0181. The van der Waals surface area contributed by atoms with Gasteiger partial charge in [0.1, 0.15) is 16.0 Å². The van der Waals surface area contributed by atoms with Gasteiger partial charge in [0, 0.05) is 29.7 Å². The molecule has 0 saturated carbocycles. The Morgan fingerprint density at radius 2 is 1.73 bits per heavy atom. The summed E-state index contributed by atoms with van der Waals surface area (Å²) in [5, 5.41) is 23.8. The van der Waals surface area contributed by atoms with E-state index in [1.807, 2.05) is 30.3 Å². The van der Waals surface area contributed by atoms with Gasteiger partial charge < -0.3 is 5.11 Å². The first-order valence-corrected chi connectivity index (χ1v) is 10.0. The molecule has 0 saturated heterocycles. The molecule has 1 aromatic carbocycles. The minimum Gasteiger partial charge on any atom is -0.506 e. The highest BCUT2D eigenvalue weighted by Gasteiger charge is 2.21. The number of pyridine rings is 2. The van der Waals surface area contributed by atoms with E-state index in [1.165, 1.54) is 0 Å². The molecule has 1 N–H and O–H groups in total. The number of phenols is 1. The first-order valence-electron chi connectivity index (χ1n) is 8.87. The summed E-state index contributed by atoms with van der Waals surface area (Å²) < 4.78 is 2.47. The first-order chi connectivity index (χ1) is 14.6. The molecule has 0 amide bonds. The molecule has 0 unspecified atom stereocenters. The van der Waals surface area contributed by atoms with E-state index in [0.717, 1.165) is 32.6 Å². The van der Waals surface area contributed by atoms with E-state index >= 15 is 0 Å². The average Bonchev–Trinajstić information content (AvgIpc) is 3.17. The van der Waals surface area contributed by atoms with Crippen molar-refractivity contribution in [1.29, 1.82) is 0 Å². The first kappa shape index (κ1) is 18.7. The lowest BCUT2D eigenvalue weighted by molar-refractivity contribution is 0.476. The van der Waals surface area contributed by atoms with E-state index in [9.17, 15) is 5.11 Å². The summed E-state index contributed by atoms with van der Waals surface area (Å²) in [4.78, 5) is 8.39. The van der Waals surface area contributed by atoms with Crippen LogP contribution in [0, 0.1) is 0 Å². The lowest BCUT2D eigenvalue weighted by atomic mass is 10.0. The Labute approximate surface area is 184 Å². The number of phenolic OH excluding ortho intramolecular Hbond substituents is 1. The van der Waals surface area contributed by atoms with Crippen LogP contribution in [0.5, 0.6) is 5.75 Å². The van der Waals surface area contributed by atoms with Gasteiger partial charge in [0.2, 0.25) is 0 Å². The zero-order chi connectivity index (χ0) is 20.7. The van der Waals surface area contributed by atoms with Crippen LogP contribution in [0.25, 0.3) is 39.3 Å². The van der Waals surface area contributed by atoms with Gasteiger partial charge in [-0.1, -0.05) is 17.7 Å². The SMILES string of the molecule is Oc1cc(-c2c(-c3ccncc3)nn3c(-c4ccc(Br)nc4)cnnc23)ccc1Cl. The highest BCUT2D eigenvalue weighted by atomic mass is 79.9. The summed E-state index contributed by atoms with van der Waals surface area (Å²) in [6, 6.07) is 12.6. The highest BCUT2D eigenvalue weighted by Crippen LogP contribution is 2.38. The molecular weight excluding hydrogens is 468 g/mol. The monoisotopic (exact) mass is 478 g/mol. The number of hydrogen-bond acceptors (Lipinski definition) is 6. The van der Waals surface area contributed by atoms with Crippen LogP contribution in [0.2, 0.25) is 5.02 Å². The fourth-order valence-corrected chi connectivity index (χ4v) is 3.58. The summed E-state index contributed by atoms with van der Waals surface area (Å²) in [6.45, 7) is 0. The fraction of sp³-hybridized carbons (Fsp3) is 0. The molecule has 0 fully saturated rings. The quantitative estimate of drug-likeness (QED) is 0.365. The van der Waals surface area contributed by atoms with Crippen LogP contribution >= 0.6 is 27.5 Å². The van der Waals surface area contributed by atoms with E-state index < -0.39 is 0 Å². The summed E-state index contributed by atoms with van der Waals surface area (Å²) in [5.74, 6) is -0.0181. The number of aromatic nitrogens is 6. The van der Waals surface area contributed by atoms with Crippen molar-refractivity contribution in [3.05, 3.63) is 76.9 Å². The van der Waals surface area contributed by atoms with Gasteiger partial charge in [0.25, 0.3) is 0 Å². The zero-order valence-corrected chi connectivity index (χ0v) is 17.6. The number of hydrogen-bond donors (Lipinski definition) is 1.